The smallest absolute Gasteiger partial charge is 0.291 e. The molecule has 4 nitrogen and oxygen atoms in total. The summed E-state index contributed by atoms with van der Waals surface area (Å²) in [5, 5.41) is 4.05. The second kappa shape index (κ2) is 5.42. The Morgan fingerprint density at radius 1 is 1.24 bits per heavy atom. The Morgan fingerprint density at radius 3 is 2.86 bits per heavy atom. The maximum atomic E-state index is 12.2. The van der Waals surface area contributed by atoms with Crippen LogP contribution < -0.4 is 11.1 Å². The zero-order valence-electron chi connectivity index (χ0n) is 10.7. The zero-order valence-corrected chi connectivity index (χ0v) is 13.0. The van der Waals surface area contributed by atoms with Gasteiger partial charge in [0.25, 0.3) is 5.91 Å². The molecule has 0 unspecified atom stereocenters. The summed E-state index contributed by atoms with van der Waals surface area (Å²) in [7, 11) is 0. The van der Waals surface area contributed by atoms with E-state index in [9.17, 15) is 4.79 Å². The van der Waals surface area contributed by atoms with Crippen LogP contribution in [0.1, 0.15) is 10.6 Å². The molecular formula is C15H10BrClN2O2. The number of hydrogen-bond donors (Lipinski definition) is 2. The fourth-order valence-corrected chi connectivity index (χ4v) is 2.50. The molecule has 0 saturated carbocycles. The van der Waals surface area contributed by atoms with Crippen molar-refractivity contribution in [3.05, 3.63) is 57.7 Å². The second-order valence-corrected chi connectivity index (χ2v) is 5.66. The van der Waals surface area contributed by atoms with Crippen molar-refractivity contribution in [3.8, 4) is 0 Å². The van der Waals surface area contributed by atoms with E-state index in [-0.39, 0.29) is 11.7 Å². The van der Waals surface area contributed by atoms with E-state index in [1.54, 1.807) is 42.5 Å². The van der Waals surface area contributed by atoms with Crippen LogP contribution >= 0.6 is 27.5 Å². The van der Waals surface area contributed by atoms with Crippen molar-refractivity contribution in [2.24, 2.45) is 0 Å². The molecule has 3 N–H and O–H groups in total. The summed E-state index contributed by atoms with van der Waals surface area (Å²) < 4.78 is 6.14. The number of anilines is 2. The van der Waals surface area contributed by atoms with Crippen LogP contribution in [0.5, 0.6) is 0 Å². The number of furan rings is 1. The van der Waals surface area contributed by atoms with Gasteiger partial charge in [-0.3, -0.25) is 4.79 Å². The highest BCUT2D eigenvalue weighted by Crippen LogP contribution is 2.30. The highest BCUT2D eigenvalue weighted by molar-refractivity contribution is 9.10. The number of amides is 1. The van der Waals surface area contributed by atoms with E-state index in [0.29, 0.717) is 26.5 Å². The summed E-state index contributed by atoms with van der Waals surface area (Å²) >= 11 is 9.32. The Kier molecular flexibility index (Phi) is 3.61. The van der Waals surface area contributed by atoms with Crippen LogP contribution in [0.25, 0.3) is 11.0 Å². The molecule has 1 aromatic heterocycles. The van der Waals surface area contributed by atoms with Crippen molar-refractivity contribution in [1.29, 1.82) is 0 Å². The van der Waals surface area contributed by atoms with Gasteiger partial charge in [0, 0.05) is 11.1 Å². The number of hydrogen-bond acceptors (Lipinski definition) is 3. The minimum Gasteiger partial charge on any atom is -0.451 e. The number of rotatable bonds is 2. The van der Waals surface area contributed by atoms with Crippen LogP contribution in [-0.2, 0) is 0 Å². The van der Waals surface area contributed by atoms with Gasteiger partial charge >= 0.3 is 0 Å². The first-order chi connectivity index (χ1) is 10.0. The summed E-state index contributed by atoms with van der Waals surface area (Å²) in [4.78, 5) is 12.2. The third kappa shape index (κ3) is 2.75. The molecule has 0 aliphatic carbocycles. The van der Waals surface area contributed by atoms with Gasteiger partial charge in [-0.05, 0) is 52.3 Å². The van der Waals surface area contributed by atoms with E-state index in [1.807, 2.05) is 0 Å². The molecule has 0 spiro atoms. The predicted octanol–water partition coefficient (Wildman–Crippen LogP) is 4.68. The molecule has 0 saturated heterocycles. The van der Waals surface area contributed by atoms with E-state index < -0.39 is 0 Å². The minimum atomic E-state index is -0.354. The quantitative estimate of drug-likeness (QED) is 0.648. The SMILES string of the molecule is Nc1ccc2oc(C(=O)Nc3cccc(Cl)c3Br)cc2c1. The largest absolute Gasteiger partial charge is 0.451 e. The fourth-order valence-electron chi connectivity index (χ4n) is 1.96. The summed E-state index contributed by atoms with van der Waals surface area (Å²) in [6.07, 6.45) is 0. The lowest BCUT2D eigenvalue weighted by Gasteiger charge is -2.06. The maximum absolute atomic E-state index is 12.2. The summed E-state index contributed by atoms with van der Waals surface area (Å²) in [6, 6.07) is 12.1. The number of benzene rings is 2. The normalized spacial score (nSPS) is 10.8. The van der Waals surface area contributed by atoms with E-state index >= 15 is 0 Å². The van der Waals surface area contributed by atoms with Crippen molar-refractivity contribution >= 4 is 55.8 Å². The van der Waals surface area contributed by atoms with Gasteiger partial charge in [0.2, 0.25) is 0 Å². The molecule has 0 bridgehead atoms. The van der Waals surface area contributed by atoms with Crippen molar-refractivity contribution in [1.82, 2.24) is 0 Å². The zero-order chi connectivity index (χ0) is 15.0. The second-order valence-electron chi connectivity index (χ2n) is 4.46. The number of carbonyl (C=O) groups excluding carboxylic acids is 1. The van der Waals surface area contributed by atoms with Gasteiger partial charge in [0.1, 0.15) is 5.58 Å². The molecule has 0 aliphatic rings. The average molecular weight is 366 g/mol. The van der Waals surface area contributed by atoms with Crippen LogP contribution in [0, 0.1) is 0 Å². The Labute approximate surface area is 134 Å². The van der Waals surface area contributed by atoms with Crippen LogP contribution in [-0.4, -0.2) is 5.91 Å². The van der Waals surface area contributed by atoms with Gasteiger partial charge in [-0.1, -0.05) is 17.7 Å². The summed E-state index contributed by atoms with van der Waals surface area (Å²) in [6.45, 7) is 0. The molecule has 0 aliphatic heterocycles. The molecular weight excluding hydrogens is 356 g/mol. The number of nitrogens with two attached hydrogens (primary N) is 1. The number of nitrogens with one attached hydrogen (secondary N) is 1. The summed E-state index contributed by atoms with van der Waals surface area (Å²) in [5.41, 5.74) is 7.51. The Hall–Kier alpha value is -1.98. The first-order valence-corrected chi connectivity index (χ1v) is 7.26. The molecule has 21 heavy (non-hydrogen) atoms. The minimum absolute atomic E-state index is 0.211. The van der Waals surface area contributed by atoms with Gasteiger partial charge < -0.3 is 15.5 Å². The molecule has 3 rings (SSSR count). The molecule has 0 radical (unpaired) electrons. The van der Waals surface area contributed by atoms with Crippen molar-refractivity contribution in [2.45, 2.75) is 0 Å². The lowest BCUT2D eigenvalue weighted by atomic mass is 10.2. The molecule has 106 valence electrons. The Balaban J connectivity index is 1.91. The lowest BCUT2D eigenvalue weighted by molar-refractivity contribution is 0.0998. The van der Waals surface area contributed by atoms with Crippen molar-refractivity contribution < 1.29 is 9.21 Å². The first kappa shape index (κ1) is 14.0. The van der Waals surface area contributed by atoms with E-state index in [4.69, 9.17) is 21.8 Å². The van der Waals surface area contributed by atoms with E-state index in [1.165, 1.54) is 0 Å². The fraction of sp³-hybridized carbons (Fsp3) is 0. The predicted molar refractivity (Wildman–Crippen MR) is 87.7 cm³/mol. The molecule has 0 atom stereocenters. The standard InChI is InChI=1S/C15H10BrClN2O2/c16-14-10(17)2-1-3-11(14)19-15(20)13-7-8-6-9(18)4-5-12(8)21-13/h1-7H,18H2,(H,19,20). The highest BCUT2D eigenvalue weighted by Gasteiger charge is 2.14. The third-order valence-corrected chi connectivity index (χ3v) is 4.36. The first-order valence-electron chi connectivity index (χ1n) is 6.09. The van der Waals surface area contributed by atoms with Crippen LogP contribution in [0.2, 0.25) is 5.02 Å². The Bertz CT molecular complexity index is 845. The number of carbonyl (C=O) groups is 1. The maximum Gasteiger partial charge on any atom is 0.291 e. The summed E-state index contributed by atoms with van der Waals surface area (Å²) in [5.74, 6) is -0.143. The molecule has 0 fully saturated rings. The van der Waals surface area contributed by atoms with Gasteiger partial charge in [0.15, 0.2) is 5.76 Å². The van der Waals surface area contributed by atoms with Crippen LogP contribution in [0.4, 0.5) is 11.4 Å². The van der Waals surface area contributed by atoms with Gasteiger partial charge in [-0.25, -0.2) is 0 Å². The van der Waals surface area contributed by atoms with Crippen LogP contribution in [0.15, 0.2) is 51.4 Å². The van der Waals surface area contributed by atoms with E-state index in [0.717, 1.165) is 5.39 Å². The van der Waals surface area contributed by atoms with Crippen molar-refractivity contribution in [2.75, 3.05) is 11.1 Å². The molecule has 3 aromatic rings. The number of nitrogen functional groups attached to an aromatic ring is 1. The molecule has 6 heteroatoms. The van der Waals surface area contributed by atoms with Gasteiger partial charge in [0.05, 0.1) is 15.2 Å². The van der Waals surface area contributed by atoms with Crippen molar-refractivity contribution in [3.63, 3.8) is 0 Å². The highest BCUT2D eigenvalue weighted by atomic mass is 79.9. The topological polar surface area (TPSA) is 68.3 Å². The molecule has 1 amide bonds. The number of halogens is 2. The third-order valence-electron chi connectivity index (χ3n) is 2.96. The van der Waals surface area contributed by atoms with Crippen LogP contribution in [0.3, 0.4) is 0 Å². The average Bonchev–Trinajstić information content (AvgIpc) is 2.87. The van der Waals surface area contributed by atoms with E-state index in [2.05, 4.69) is 21.2 Å². The molecule has 1 heterocycles. The number of fused-ring (bicyclic) bond motifs is 1. The van der Waals surface area contributed by atoms with Gasteiger partial charge in [-0.15, -0.1) is 0 Å². The monoisotopic (exact) mass is 364 g/mol. The lowest BCUT2D eigenvalue weighted by Crippen LogP contribution is -2.11. The Morgan fingerprint density at radius 2 is 2.05 bits per heavy atom. The van der Waals surface area contributed by atoms with Gasteiger partial charge in [-0.2, -0.15) is 0 Å². The molecule has 2 aromatic carbocycles.